The number of rotatable bonds is 5. The predicted molar refractivity (Wildman–Crippen MR) is 124 cm³/mol. The van der Waals surface area contributed by atoms with Crippen LogP contribution in [0.5, 0.6) is 0 Å². The summed E-state index contributed by atoms with van der Waals surface area (Å²) in [7, 11) is 0. The van der Waals surface area contributed by atoms with Crippen molar-refractivity contribution in [3.05, 3.63) is 77.1 Å². The van der Waals surface area contributed by atoms with E-state index in [2.05, 4.69) is 46.4 Å². The standard InChI is InChI=1S/C25H26N4O2/c1-2-29-12-8-18(9-13-29)17-3-5-21(6-4-17)27-24-23-19(7-11-26-25(23)30)15-22(28-24)20-10-14-31-16-20/h3-7,10-11,14-16,18H,2,8-9,12-13H2,1H3,(H,26,30)(H,27,28). The smallest absolute Gasteiger partial charge is 0.259 e. The Morgan fingerprint density at radius 3 is 2.68 bits per heavy atom. The number of furan rings is 1. The molecule has 0 radical (unpaired) electrons. The third-order valence-corrected chi connectivity index (χ3v) is 6.25. The van der Waals surface area contributed by atoms with Crippen LogP contribution in [0.3, 0.4) is 0 Å². The molecule has 5 rings (SSSR count). The number of aromatic nitrogens is 2. The Morgan fingerprint density at radius 2 is 1.97 bits per heavy atom. The maximum Gasteiger partial charge on any atom is 0.259 e. The molecule has 158 valence electrons. The van der Waals surface area contributed by atoms with Crippen molar-refractivity contribution in [3.63, 3.8) is 0 Å². The Morgan fingerprint density at radius 1 is 1.16 bits per heavy atom. The Bertz CT molecular complexity index is 1220. The molecule has 0 spiro atoms. The highest BCUT2D eigenvalue weighted by Crippen LogP contribution is 2.31. The minimum Gasteiger partial charge on any atom is -0.472 e. The van der Waals surface area contributed by atoms with Crippen molar-refractivity contribution in [3.8, 4) is 11.3 Å². The van der Waals surface area contributed by atoms with E-state index < -0.39 is 0 Å². The lowest BCUT2D eigenvalue weighted by Crippen LogP contribution is -2.32. The lowest BCUT2D eigenvalue weighted by molar-refractivity contribution is 0.222. The summed E-state index contributed by atoms with van der Waals surface area (Å²) < 4.78 is 5.22. The molecule has 6 heteroatoms. The average Bonchev–Trinajstić information content (AvgIpc) is 3.35. The van der Waals surface area contributed by atoms with E-state index in [9.17, 15) is 4.79 Å². The number of H-pyrrole nitrogens is 1. The van der Waals surface area contributed by atoms with Crippen molar-refractivity contribution in [1.29, 1.82) is 0 Å². The number of nitrogens with one attached hydrogen (secondary N) is 2. The molecule has 0 amide bonds. The maximum atomic E-state index is 12.5. The molecule has 0 unspecified atom stereocenters. The highest BCUT2D eigenvalue weighted by molar-refractivity contribution is 5.95. The quantitative estimate of drug-likeness (QED) is 0.474. The Kier molecular flexibility index (Phi) is 5.30. The molecular formula is C25H26N4O2. The number of piperidine rings is 1. The summed E-state index contributed by atoms with van der Waals surface area (Å²) in [5, 5.41) is 4.74. The number of fused-ring (bicyclic) bond motifs is 1. The van der Waals surface area contributed by atoms with Crippen LogP contribution in [-0.2, 0) is 0 Å². The molecule has 1 aliphatic rings. The monoisotopic (exact) mass is 414 g/mol. The zero-order chi connectivity index (χ0) is 21.2. The van der Waals surface area contributed by atoms with Gasteiger partial charge in [0.2, 0.25) is 0 Å². The van der Waals surface area contributed by atoms with Crippen molar-refractivity contribution in [2.45, 2.75) is 25.7 Å². The molecular weight excluding hydrogens is 388 g/mol. The number of hydrogen-bond donors (Lipinski definition) is 2. The molecule has 0 atom stereocenters. The number of pyridine rings is 2. The summed E-state index contributed by atoms with van der Waals surface area (Å²) in [6, 6.07) is 14.2. The van der Waals surface area contributed by atoms with Crippen LogP contribution < -0.4 is 10.9 Å². The molecule has 4 heterocycles. The number of aromatic amines is 1. The summed E-state index contributed by atoms with van der Waals surface area (Å²) in [6.45, 7) is 5.69. The first-order chi connectivity index (χ1) is 15.2. The summed E-state index contributed by atoms with van der Waals surface area (Å²) in [4.78, 5) is 22.5. The van der Waals surface area contributed by atoms with E-state index in [1.807, 2.05) is 18.2 Å². The SMILES string of the molecule is CCN1CCC(c2ccc(Nc3nc(-c4ccoc4)cc4cc[nH]c(=O)c34)cc2)CC1. The van der Waals surface area contributed by atoms with Gasteiger partial charge in [-0.15, -0.1) is 0 Å². The van der Waals surface area contributed by atoms with Gasteiger partial charge < -0.3 is 19.6 Å². The first-order valence-electron chi connectivity index (χ1n) is 10.9. The Hall–Kier alpha value is -3.38. The summed E-state index contributed by atoms with van der Waals surface area (Å²) in [5.41, 5.74) is 3.76. The Balaban J connectivity index is 1.44. The van der Waals surface area contributed by atoms with E-state index in [1.165, 1.54) is 31.5 Å². The number of nitrogens with zero attached hydrogens (tertiary/aromatic N) is 2. The van der Waals surface area contributed by atoms with Gasteiger partial charge in [0.25, 0.3) is 5.56 Å². The minimum atomic E-state index is -0.162. The van der Waals surface area contributed by atoms with Crippen LogP contribution in [0.1, 0.15) is 31.2 Å². The molecule has 1 aromatic carbocycles. The van der Waals surface area contributed by atoms with E-state index in [-0.39, 0.29) is 5.56 Å². The van der Waals surface area contributed by atoms with Crippen molar-refractivity contribution in [2.24, 2.45) is 0 Å². The van der Waals surface area contributed by atoms with Crippen molar-refractivity contribution in [1.82, 2.24) is 14.9 Å². The highest BCUT2D eigenvalue weighted by atomic mass is 16.3. The van der Waals surface area contributed by atoms with Gasteiger partial charge in [0.15, 0.2) is 0 Å². The largest absolute Gasteiger partial charge is 0.472 e. The van der Waals surface area contributed by atoms with E-state index >= 15 is 0 Å². The van der Waals surface area contributed by atoms with Gasteiger partial charge in [-0.3, -0.25) is 4.79 Å². The average molecular weight is 415 g/mol. The third-order valence-electron chi connectivity index (χ3n) is 6.25. The topological polar surface area (TPSA) is 74.2 Å². The molecule has 0 aliphatic carbocycles. The molecule has 0 bridgehead atoms. The number of hydrogen-bond acceptors (Lipinski definition) is 5. The van der Waals surface area contributed by atoms with Gasteiger partial charge in [-0.2, -0.15) is 0 Å². The van der Waals surface area contributed by atoms with Gasteiger partial charge in [0.05, 0.1) is 23.6 Å². The van der Waals surface area contributed by atoms with Gasteiger partial charge in [0, 0.05) is 17.4 Å². The lowest BCUT2D eigenvalue weighted by atomic mass is 9.89. The molecule has 1 saturated heterocycles. The molecule has 3 aromatic heterocycles. The van der Waals surface area contributed by atoms with Gasteiger partial charge in [-0.1, -0.05) is 19.1 Å². The second-order valence-electron chi connectivity index (χ2n) is 8.09. The van der Waals surface area contributed by atoms with Crippen LogP contribution in [0.4, 0.5) is 11.5 Å². The lowest BCUT2D eigenvalue weighted by Gasteiger charge is -2.31. The van der Waals surface area contributed by atoms with Crippen LogP contribution in [0, 0.1) is 0 Å². The molecule has 0 saturated carbocycles. The first kappa shape index (κ1) is 19.6. The molecule has 31 heavy (non-hydrogen) atoms. The third kappa shape index (κ3) is 3.99. The Labute approximate surface area is 180 Å². The molecule has 1 aliphatic heterocycles. The van der Waals surface area contributed by atoms with Crippen LogP contribution in [-0.4, -0.2) is 34.5 Å². The zero-order valence-corrected chi connectivity index (χ0v) is 17.6. The van der Waals surface area contributed by atoms with E-state index in [1.54, 1.807) is 18.7 Å². The van der Waals surface area contributed by atoms with Crippen LogP contribution in [0.15, 0.2) is 70.4 Å². The van der Waals surface area contributed by atoms with Gasteiger partial charge in [0.1, 0.15) is 5.82 Å². The number of anilines is 2. The number of likely N-dealkylation sites (tertiary alicyclic amines) is 1. The summed E-state index contributed by atoms with van der Waals surface area (Å²) >= 11 is 0. The fourth-order valence-electron chi connectivity index (χ4n) is 4.42. The van der Waals surface area contributed by atoms with Gasteiger partial charge in [-0.25, -0.2) is 4.98 Å². The molecule has 4 aromatic rings. The van der Waals surface area contributed by atoms with Crippen LogP contribution >= 0.6 is 0 Å². The zero-order valence-electron chi connectivity index (χ0n) is 17.6. The highest BCUT2D eigenvalue weighted by Gasteiger charge is 2.19. The van der Waals surface area contributed by atoms with Crippen molar-refractivity contribution in [2.75, 3.05) is 25.0 Å². The van der Waals surface area contributed by atoms with Crippen molar-refractivity contribution < 1.29 is 4.42 Å². The second kappa shape index (κ2) is 8.40. The summed E-state index contributed by atoms with van der Waals surface area (Å²) in [6.07, 6.45) is 7.34. The second-order valence-corrected chi connectivity index (χ2v) is 8.09. The van der Waals surface area contributed by atoms with Crippen LogP contribution in [0.25, 0.3) is 22.0 Å². The maximum absolute atomic E-state index is 12.5. The van der Waals surface area contributed by atoms with E-state index in [0.29, 0.717) is 17.1 Å². The van der Waals surface area contributed by atoms with E-state index in [0.717, 1.165) is 28.9 Å². The first-order valence-corrected chi connectivity index (χ1v) is 10.9. The fraction of sp³-hybridized carbons (Fsp3) is 0.280. The fourth-order valence-corrected chi connectivity index (χ4v) is 4.42. The van der Waals surface area contributed by atoms with Crippen molar-refractivity contribution >= 4 is 22.3 Å². The van der Waals surface area contributed by atoms with Gasteiger partial charge in [-0.05, 0) is 79.7 Å². The molecule has 2 N–H and O–H groups in total. The van der Waals surface area contributed by atoms with E-state index in [4.69, 9.17) is 9.40 Å². The molecule has 1 fully saturated rings. The summed E-state index contributed by atoms with van der Waals surface area (Å²) in [5.74, 6) is 1.16. The normalized spacial score (nSPS) is 15.4. The number of benzene rings is 1. The molecule has 6 nitrogen and oxygen atoms in total. The van der Waals surface area contributed by atoms with Crippen LogP contribution in [0.2, 0.25) is 0 Å². The predicted octanol–water partition coefficient (Wildman–Crippen LogP) is 5.13. The van der Waals surface area contributed by atoms with Gasteiger partial charge >= 0.3 is 0 Å². The minimum absolute atomic E-state index is 0.162.